The molecule has 0 heterocycles. The first-order chi connectivity index (χ1) is 6.50. The van der Waals surface area contributed by atoms with Gasteiger partial charge in [0, 0.05) is 12.1 Å². The molecular formula is C11H20LiNO2. The number of allylic oxidation sites excluding steroid dienone is 1. The fourth-order valence-corrected chi connectivity index (χ4v) is 1.25. The van der Waals surface area contributed by atoms with Gasteiger partial charge < -0.3 is 9.64 Å². The fourth-order valence-electron chi connectivity index (χ4n) is 1.25. The van der Waals surface area contributed by atoms with E-state index < -0.39 is 0 Å². The summed E-state index contributed by atoms with van der Waals surface area (Å²) in [4.78, 5) is 13.2. The van der Waals surface area contributed by atoms with Gasteiger partial charge in [0.15, 0.2) is 0 Å². The first-order valence-corrected chi connectivity index (χ1v) is 4.94. The average Bonchev–Trinajstić information content (AvgIpc) is 2.03. The van der Waals surface area contributed by atoms with Gasteiger partial charge in [-0.2, -0.15) is 6.08 Å². The molecule has 1 amide bonds. The third-order valence-corrected chi connectivity index (χ3v) is 1.76. The summed E-state index contributed by atoms with van der Waals surface area (Å²) in [5, 5.41) is 0. The van der Waals surface area contributed by atoms with Crippen molar-refractivity contribution in [3.8, 4) is 0 Å². The van der Waals surface area contributed by atoms with Gasteiger partial charge >= 0.3 is 25.0 Å². The Morgan fingerprint density at radius 1 is 1.27 bits per heavy atom. The normalized spacial score (nSPS) is 10.3. The van der Waals surface area contributed by atoms with Gasteiger partial charge in [-0.1, -0.05) is 6.61 Å². The second-order valence-corrected chi connectivity index (χ2v) is 3.64. The quantitative estimate of drug-likeness (QED) is 0.477. The summed E-state index contributed by atoms with van der Waals surface area (Å²) in [7, 11) is 0. The summed E-state index contributed by atoms with van der Waals surface area (Å²) >= 11 is 0. The van der Waals surface area contributed by atoms with Gasteiger partial charge in [-0.3, -0.25) is 0 Å². The predicted molar refractivity (Wildman–Crippen MR) is 57.7 cm³/mol. The van der Waals surface area contributed by atoms with Crippen molar-refractivity contribution in [2.75, 3.05) is 0 Å². The van der Waals surface area contributed by atoms with Crippen molar-refractivity contribution in [3.05, 3.63) is 18.8 Å². The molecule has 4 heteroatoms. The van der Waals surface area contributed by atoms with Crippen molar-refractivity contribution in [1.82, 2.24) is 4.90 Å². The number of hydrogen-bond donors (Lipinski definition) is 0. The van der Waals surface area contributed by atoms with Gasteiger partial charge in [0.1, 0.15) is 0 Å². The molecule has 0 aliphatic heterocycles. The van der Waals surface area contributed by atoms with E-state index in [1.807, 2.05) is 40.7 Å². The minimum absolute atomic E-state index is 0. The molecule has 82 valence electrons. The fraction of sp³-hybridized carbons (Fsp3) is 0.636. The molecule has 15 heavy (non-hydrogen) atoms. The Bertz CT molecular complexity index is 195. The van der Waals surface area contributed by atoms with Crippen LogP contribution in [0.5, 0.6) is 0 Å². The predicted octanol–water partition coefficient (Wildman–Crippen LogP) is -0.0163. The molecule has 3 nitrogen and oxygen atoms in total. The van der Waals surface area contributed by atoms with Crippen LogP contribution in [0.15, 0.2) is 12.2 Å². The van der Waals surface area contributed by atoms with Gasteiger partial charge in [-0.05, 0) is 27.7 Å². The molecule has 0 fully saturated rings. The van der Waals surface area contributed by atoms with Crippen molar-refractivity contribution < 1.29 is 28.4 Å². The van der Waals surface area contributed by atoms with Crippen LogP contribution in [0.1, 0.15) is 34.6 Å². The second kappa shape index (κ2) is 8.76. The number of amides is 1. The van der Waals surface area contributed by atoms with Gasteiger partial charge in [0.05, 0.1) is 0 Å². The first kappa shape index (κ1) is 16.9. The van der Waals surface area contributed by atoms with Gasteiger partial charge in [-0.15, -0.1) is 6.92 Å². The molecule has 0 aliphatic carbocycles. The summed E-state index contributed by atoms with van der Waals surface area (Å²) in [6.07, 6.45) is 3.20. The average molecular weight is 205 g/mol. The molecule has 0 unspecified atom stereocenters. The van der Waals surface area contributed by atoms with E-state index in [1.54, 1.807) is 11.0 Å². The number of hydrogen-bond acceptors (Lipinski definition) is 2. The van der Waals surface area contributed by atoms with Crippen LogP contribution in [0.4, 0.5) is 4.79 Å². The van der Waals surface area contributed by atoms with Crippen LogP contribution in [0, 0.1) is 6.61 Å². The van der Waals surface area contributed by atoms with Crippen LogP contribution >= 0.6 is 0 Å². The van der Waals surface area contributed by atoms with Crippen molar-refractivity contribution in [1.29, 1.82) is 0 Å². The summed E-state index contributed by atoms with van der Waals surface area (Å²) in [5.41, 5.74) is 0. The van der Waals surface area contributed by atoms with E-state index in [4.69, 9.17) is 4.74 Å². The zero-order chi connectivity index (χ0) is 11.1. The van der Waals surface area contributed by atoms with Crippen molar-refractivity contribution in [3.63, 3.8) is 0 Å². The van der Waals surface area contributed by atoms with Crippen LogP contribution < -0.4 is 18.9 Å². The number of carbonyl (C=O) groups is 1. The Morgan fingerprint density at radius 3 is 2.07 bits per heavy atom. The molecule has 0 aromatic rings. The summed E-state index contributed by atoms with van der Waals surface area (Å²) in [5.74, 6) is 0. The molecule has 0 atom stereocenters. The Kier molecular flexibility index (Phi) is 9.86. The van der Waals surface area contributed by atoms with E-state index in [1.165, 1.54) is 6.61 Å². The smallest absolute Gasteiger partial charge is 0.511 e. The third kappa shape index (κ3) is 6.54. The summed E-state index contributed by atoms with van der Waals surface area (Å²) in [6.45, 7) is 11.1. The number of rotatable bonds is 4. The van der Waals surface area contributed by atoms with E-state index >= 15 is 0 Å². The molecule has 0 saturated carbocycles. The Hall–Kier alpha value is -0.523. The van der Waals surface area contributed by atoms with E-state index in [0.717, 1.165) is 0 Å². The van der Waals surface area contributed by atoms with Crippen molar-refractivity contribution in [2.24, 2.45) is 0 Å². The number of nitrogens with zero attached hydrogens (tertiary/aromatic N) is 1. The zero-order valence-electron chi connectivity index (χ0n) is 10.7. The van der Waals surface area contributed by atoms with E-state index in [0.29, 0.717) is 0 Å². The molecule has 0 N–H and O–H groups in total. The number of ether oxygens (including phenoxy) is 1. The Morgan fingerprint density at radius 2 is 1.73 bits per heavy atom. The molecule has 0 aromatic carbocycles. The molecule has 0 radical (unpaired) electrons. The molecule has 0 aliphatic rings. The minimum atomic E-state index is -0.298. The summed E-state index contributed by atoms with van der Waals surface area (Å²) < 4.78 is 4.94. The van der Waals surface area contributed by atoms with Crippen LogP contribution in [-0.4, -0.2) is 23.1 Å². The topological polar surface area (TPSA) is 29.5 Å². The Balaban J connectivity index is 0. The maximum absolute atomic E-state index is 11.5. The molecule has 0 saturated heterocycles. The largest absolute Gasteiger partial charge is 1.00 e. The minimum Gasteiger partial charge on any atom is -0.511 e. The van der Waals surface area contributed by atoms with Crippen LogP contribution in [0.2, 0.25) is 0 Å². The van der Waals surface area contributed by atoms with Crippen LogP contribution in [0.3, 0.4) is 0 Å². The van der Waals surface area contributed by atoms with Crippen molar-refractivity contribution in [2.45, 2.75) is 46.7 Å². The van der Waals surface area contributed by atoms with Crippen molar-refractivity contribution >= 4 is 6.09 Å². The molecule has 0 aromatic heterocycles. The van der Waals surface area contributed by atoms with E-state index in [-0.39, 0.29) is 37.0 Å². The molecule has 0 rings (SSSR count). The van der Waals surface area contributed by atoms with Crippen LogP contribution in [-0.2, 0) is 4.74 Å². The van der Waals surface area contributed by atoms with Gasteiger partial charge in [0.25, 0.3) is 0 Å². The summed E-state index contributed by atoms with van der Waals surface area (Å²) in [6, 6.07) is 0.308. The maximum Gasteiger partial charge on any atom is 1.00 e. The second-order valence-electron chi connectivity index (χ2n) is 3.64. The molecule has 0 spiro atoms. The van der Waals surface area contributed by atoms with Gasteiger partial charge in [0.2, 0.25) is 0 Å². The molecular weight excluding hydrogens is 185 g/mol. The number of carbonyl (C=O) groups excluding carboxylic acids is 1. The van der Waals surface area contributed by atoms with E-state index in [9.17, 15) is 4.79 Å². The monoisotopic (exact) mass is 205 g/mol. The third-order valence-electron chi connectivity index (χ3n) is 1.76. The first-order valence-electron chi connectivity index (χ1n) is 4.94. The Labute approximate surface area is 105 Å². The standard InChI is InChI=1S/C11H20NO2.Li/c1-6-7-8-14-11(13)12(9(2)3)10(4)5;/h6-10H,1-5H3;/q-1;+1/b7-6+;. The van der Waals surface area contributed by atoms with E-state index in [2.05, 4.69) is 0 Å². The van der Waals surface area contributed by atoms with Gasteiger partial charge in [-0.25, -0.2) is 10.9 Å². The van der Waals surface area contributed by atoms with Crippen LogP contribution in [0.25, 0.3) is 0 Å². The SMILES string of the molecule is C/C=C/[CH-]OC(=O)N(C(C)C)C(C)C.[Li+]. The molecule has 0 bridgehead atoms. The maximum atomic E-state index is 11.5. The zero-order valence-corrected chi connectivity index (χ0v) is 10.7.